The molecule has 2 N–H and O–H groups in total. The fourth-order valence-corrected chi connectivity index (χ4v) is 3.43. The van der Waals surface area contributed by atoms with E-state index in [1.807, 2.05) is 13.0 Å². The summed E-state index contributed by atoms with van der Waals surface area (Å²) < 4.78 is 33.8. The van der Waals surface area contributed by atoms with Crippen LogP contribution in [-0.2, 0) is 14.8 Å². The molecule has 10 heteroatoms. The molecule has 0 radical (unpaired) electrons. The predicted molar refractivity (Wildman–Crippen MR) is 115 cm³/mol. The topological polar surface area (TPSA) is 135 Å². The Morgan fingerprint density at radius 2 is 1.87 bits per heavy atom. The van der Waals surface area contributed by atoms with Gasteiger partial charge in [-0.3, -0.25) is 4.79 Å². The first-order valence-corrected chi connectivity index (χ1v) is 10.8. The van der Waals surface area contributed by atoms with Crippen LogP contribution in [0.5, 0.6) is 11.5 Å². The molecule has 31 heavy (non-hydrogen) atoms. The number of sulfonamides is 1. The smallest absolute Gasteiger partial charge is 0.280 e. The summed E-state index contributed by atoms with van der Waals surface area (Å²) in [6.45, 7) is 3.83. The minimum absolute atomic E-state index is 0.0541. The molecule has 1 heterocycles. The number of nitriles is 1. The number of ether oxygens (including phenoxy) is 2. The highest BCUT2D eigenvalue weighted by Crippen LogP contribution is 2.31. The number of nitrogens with zero attached hydrogens (tertiary/aromatic N) is 3. The molecule has 0 spiro atoms. The molecule has 0 aliphatic carbocycles. The summed E-state index contributed by atoms with van der Waals surface area (Å²) >= 11 is 0. The minimum atomic E-state index is -3.83. The van der Waals surface area contributed by atoms with Crippen LogP contribution in [0.25, 0.3) is 6.08 Å². The van der Waals surface area contributed by atoms with E-state index in [1.54, 1.807) is 31.2 Å². The summed E-state index contributed by atoms with van der Waals surface area (Å²) in [4.78, 5) is 12.9. The molecule has 1 aliphatic heterocycles. The first-order valence-electron chi connectivity index (χ1n) is 9.25. The van der Waals surface area contributed by atoms with Crippen LogP contribution in [-0.4, -0.2) is 33.3 Å². The van der Waals surface area contributed by atoms with E-state index in [0.717, 1.165) is 0 Å². The van der Waals surface area contributed by atoms with Gasteiger partial charge in [0.2, 0.25) is 10.0 Å². The van der Waals surface area contributed by atoms with Crippen molar-refractivity contribution in [2.24, 2.45) is 10.2 Å². The normalized spacial score (nSPS) is 15.0. The van der Waals surface area contributed by atoms with Crippen molar-refractivity contribution < 1.29 is 22.7 Å². The van der Waals surface area contributed by atoms with E-state index >= 15 is 0 Å². The molecule has 1 amide bonds. The second kappa shape index (κ2) is 8.99. The van der Waals surface area contributed by atoms with E-state index in [1.165, 1.54) is 29.3 Å². The maximum atomic E-state index is 12.9. The highest BCUT2D eigenvalue weighted by molar-refractivity contribution is 7.89. The number of nitrogens with two attached hydrogens (primary N) is 1. The lowest BCUT2D eigenvalue weighted by atomic mass is 10.1. The Morgan fingerprint density at radius 3 is 2.48 bits per heavy atom. The van der Waals surface area contributed by atoms with Gasteiger partial charge >= 0.3 is 0 Å². The summed E-state index contributed by atoms with van der Waals surface area (Å²) in [5.41, 5.74) is 1.99. The van der Waals surface area contributed by atoms with Crippen molar-refractivity contribution in [2.45, 2.75) is 18.7 Å². The Hall–Kier alpha value is -3.68. The number of carbonyl (C=O) groups excluding carboxylic acids is 1. The molecule has 0 saturated heterocycles. The number of anilines is 1. The number of hydrazone groups is 1. The molecule has 0 fully saturated rings. The molecule has 0 bridgehead atoms. The fraction of sp³-hybridized carbons (Fsp3) is 0.190. The predicted octanol–water partition coefficient (Wildman–Crippen LogP) is 2.44. The Morgan fingerprint density at radius 1 is 1.16 bits per heavy atom. The van der Waals surface area contributed by atoms with Crippen LogP contribution in [0.15, 0.2) is 58.0 Å². The quantitative estimate of drug-likeness (QED) is 0.657. The van der Waals surface area contributed by atoms with Crippen LogP contribution >= 0.6 is 0 Å². The number of rotatable bonds is 7. The van der Waals surface area contributed by atoms with Crippen LogP contribution in [0.4, 0.5) is 5.69 Å². The Kier molecular flexibility index (Phi) is 6.39. The van der Waals surface area contributed by atoms with Crippen LogP contribution in [0, 0.1) is 11.3 Å². The first kappa shape index (κ1) is 22.0. The van der Waals surface area contributed by atoms with Gasteiger partial charge in [0.25, 0.3) is 5.91 Å². The fourth-order valence-electron chi connectivity index (χ4n) is 2.91. The van der Waals surface area contributed by atoms with Crippen LogP contribution in [0.1, 0.15) is 19.4 Å². The molecule has 2 aromatic carbocycles. The molecule has 160 valence electrons. The van der Waals surface area contributed by atoms with Crippen LogP contribution < -0.4 is 19.6 Å². The number of hydrogen-bond acceptors (Lipinski definition) is 7. The third-order valence-electron chi connectivity index (χ3n) is 4.34. The van der Waals surface area contributed by atoms with Crippen LogP contribution in [0.3, 0.4) is 0 Å². The third-order valence-corrected chi connectivity index (χ3v) is 5.27. The van der Waals surface area contributed by atoms with Crippen molar-refractivity contribution in [2.75, 3.05) is 18.2 Å². The molecule has 9 nitrogen and oxygen atoms in total. The van der Waals surface area contributed by atoms with E-state index in [4.69, 9.17) is 19.9 Å². The van der Waals surface area contributed by atoms with Gasteiger partial charge < -0.3 is 9.47 Å². The van der Waals surface area contributed by atoms with Crippen molar-refractivity contribution in [1.82, 2.24) is 0 Å². The summed E-state index contributed by atoms with van der Waals surface area (Å²) in [5.74, 6) is 0.538. The SMILES string of the molecule is CCOc1cc(/C=C2\C(=O)N(c3ccc(S(N)(=O)=O)cc3)N=C2C)ccc1OCC#N. The highest BCUT2D eigenvalue weighted by Gasteiger charge is 2.29. The molecule has 3 rings (SSSR count). The summed E-state index contributed by atoms with van der Waals surface area (Å²) in [6, 6.07) is 12.6. The maximum Gasteiger partial charge on any atom is 0.280 e. The second-order valence-corrected chi connectivity index (χ2v) is 8.05. The maximum absolute atomic E-state index is 12.9. The van der Waals surface area contributed by atoms with Crippen molar-refractivity contribution in [3.63, 3.8) is 0 Å². The second-order valence-electron chi connectivity index (χ2n) is 6.49. The van der Waals surface area contributed by atoms with Crippen molar-refractivity contribution in [3.8, 4) is 17.6 Å². The van der Waals surface area contributed by atoms with E-state index in [0.29, 0.717) is 40.6 Å². The monoisotopic (exact) mass is 440 g/mol. The zero-order valence-electron chi connectivity index (χ0n) is 16.9. The minimum Gasteiger partial charge on any atom is -0.490 e. The standard InChI is InChI=1S/C21H20N4O5S/c1-3-29-20-13-15(4-9-19(20)30-11-10-22)12-18-14(2)24-25(21(18)26)16-5-7-17(8-6-16)31(23,27)28/h4-9,12-13H,3,11H2,1-2H3,(H2,23,27,28)/b18-12-. The van der Waals surface area contributed by atoms with E-state index < -0.39 is 10.0 Å². The van der Waals surface area contributed by atoms with Crippen molar-refractivity contribution in [1.29, 1.82) is 5.26 Å². The summed E-state index contributed by atoms with van der Waals surface area (Å²) in [7, 11) is -3.83. The van der Waals surface area contributed by atoms with E-state index in [2.05, 4.69) is 5.10 Å². The van der Waals surface area contributed by atoms with Gasteiger partial charge in [-0.25, -0.2) is 13.6 Å². The van der Waals surface area contributed by atoms with Crippen molar-refractivity contribution in [3.05, 3.63) is 53.6 Å². The van der Waals surface area contributed by atoms with Crippen LogP contribution in [0.2, 0.25) is 0 Å². The summed E-state index contributed by atoms with van der Waals surface area (Å²) in [6.07, 6.45) is 1.68. The molecule has 0 unspecified atom stereocenters. The molecule has 0 atom stereocenters. The van der Waals surface area contributed by atoms with E-state index in [9.17, 15) is 13.2 Å². The summed E-state index contributed by atoms with van der Waals surface area (Å²) in [5, 5.41) is 19.3. The molecule has 1 aliphatic rings. The van der Waals surface area contributed by atoms with Gasteiger partial charge in [0, 0.05) is 0 Å². The van der Waals surface area contributed by atoms with Gasteiger partial charge in [0.05, 0.1) is 28.5 Å². The number of carbonyl (C=O) groups is 1. The zero-order valence-corrected chi connectivity index (χ0v) is 17.7. The molecular weight excluding hydrogens is 420 g/mol. The Balaban J connectivity index is 1.89. The molecule has 2 aromatic rings. The van der Waals surface area contributed by atoms with Gasteiger partial charge in [-0.2, -0.15) is 15.4 Å². The third kappa shape index (κ3) is 4.91. The average molecular weight is 440 g/mol. The lowest BCUT2D eigenvalue weighted by Crippen LogP contribution is -2.21. The Bertz CT molecular complexity index is 1210. The van der Waals surface area contributed by atoms with Crippen molar-refractivity contribution >= 4 is 33.4 Å². The number of hydrogen-bond donors (Lipinski definition) is 1. The average Bonchev–Trinajstić information content (AvgIpc) is 3.01. The van der Waals surface area contributed by atoms with Gasteiger partial charge in [-0.05, 0) is 61.9 Å². The van der Waals surface area contributed by atoms with Gasteiger partial charge in [0.1, 0.15) is 6.07 Å². The van der Waals surface area contributed by atoms with Gasteiger partial charge in [-0.1, -0.05) is 6.07 Å². The number of benzene rings is 2. The zero-order chi connectivity index (χ0) is 22.6. The molecular formula is C21H20N4O5S. The first-order chi connectivity index (χ1) is 14.7. The lowest BCUT2D eigenvalue weighted by molar-refractivity contribution is -0.114. The van der Waals surface area contributed by atoms with Gasteiger partial charge in [0.15, 0.2) is 18.1 Å². The Labute approximate surface area is 180 Å². The van der Waals surface area contributed by atoms with E-state index in [-0.39, 0.29) is 17.4 Å². The number of primary sulfonamides is 1. The highest BCUT2D eigenvalue weighted by atomic mass is 32.2. The largest absolute Gasteiger partial charge is 0.490 e. The molecule has 0 aromatic heterocycles. The molecule has 0 saturated carbocycles. The lowest BCUT2D eigenvalue weighted by Gasteiger charge is -2.12. The van der Waals surface area contributed by atoms with Gasteiger partial charge in [-0.15, -0.1) is 0 Å². The number of amides is 1.